The molecule has 1 aromatic heterocycles. The minimum atomic E-state index is -0.358. The number of carbonyl (C=O) groups is 2. The minimum Gasteiger partial charge on any atom is -0.334 e. The Labute approximate surface area is 161 Å². The average Bonchev–Trinajstić information content (AvgIpc) is 3.13. The number of amides is 1. The van der Waals surface area contributed by atoms with Crippen molar-refractivity contribution in [3.8, 4) is 0 Å². The molecule has 0 aliphatic carbocycles. The number of hydrogen-bond donors (Lipinski definition) is 1. The SMILES string of the molecule is CC1CN(C(=O)c2n[nH]c3ccccc23)CCN1CC(=O)c1ccc(F)cc1. The van der Waals surface area contributed by atoms with E-state index in [9.17, 15) is 14.0 Å². The number of para-hydroxylation sites is 1. The maximum Gasteiger partial charge on any atom is 0.275 e. The summed E-state index contributed by atoms with van der Waals surface area (Å²) in [6, 6.07) is 13.2. The van der Waals surface area contributed by atoms with Gasteiger partial charge in [-0.3, -0.25) is 19.6 Å². The molecule has 3 aromatic rings. The van der Waals surface area contributed by atoms with E-state index in [4.69, 9.17) is 0 Å². The highest BCUT2D eigenvalue weighted by molar-refractivity contribution is 6.04. The molecule has 1 aliphatic heterocycles. The van der Waals surface area contributed by atoms with Gasteiger partial charge in [0.25, 0.3) is 5.91 Å². The lowest BCUT2D eigenvalue weighted by Crippen LogP contribution is -2.54. The lowest BCUT2D eigenvalue weighted by Gasteiger charge is -2.39. The number of nitrogens with zero attached hydrogens (tertiary/aromatic N) is 3. The molecule has 144 valence electrons. The highest BCUT2D eigenvalue weighted by atomic mass is 19.1. The van der Waals surface area contributed by atoms with Crippen LogP contribution in [0.1, 0.15) is 27.8 Å². The molecule has 4 rings (SSSR count). The number of rotatable bonds is 4. The summed E-state index contributed by atoms with van der Waals surface area (Å²) in [7, 11) is 0. The van der Waals surface area contributed by atoms with Crippen LogP contribution in [0.2, 0.25) is 0 Å². The molecule has 7 heteroatoms. The molecule has 6 nitrogen and oxygen atoms in total. The Morgan fingerprint density at radius 2 is 1.89 bits per heavy atom. The summed E-state index contributed by atoms with van der Waals surface area (Å²) in [6.45, 7) is 3.90. The molecule has 1 N–H and O–H groups in total. The smallest absolute Gasteiger partial charge is 0.275 e. The van der Waals surface area contributed by atoms with Crippen LogP contribution < -0.4 is 0 Å². The van der Waals surface area contributed by atoms with E-state index in [2.05, 4.69) is 15.1 Å². The molecule has 2 aromatic carbocycles. The molecule has 2 heterocycles. The molecule has 1 aliphatic rings. The van der Waals surface area contributed by atoms with Gasteiger partial charge >= 0.3 is 0 Å². The lowest BCUT2D eigenvalue weighted by molar-refractivity contribution is 0.0498. The molecule has 1 amide bonds. The number of fused-ring (bicyclic) bond motifs is 1. The van der Waals surface area contributed by atoms with Gasteiger partial charge in [-0.15, -0.1) is 0 Å². The Morgan fingerprint density at radius 3 is 2.64 bits per heavy atom. The van der Waals surface area contributed by atoms with Crippen LogP contribution in [0.15, 0.2) is 48.5 Å². The molecule has 0 bridgehead atoms. The van der Waals surface area contributed by atoms with Gasteiger partial charge in [0, 0.05) is 36.6 Å². The average molecular weight is 380 g/mol. The van der Waals surface area contributed by atoms with Crippen molar-refractivity contribution in [3.63, 3.8) is 0 Å². The molecule has 0 radical (unpaired) electrons. The predicted octanol–water partition coefficient (Wildman–Crippen LogP) is 2.73. The summed E-state index contributed by atoms with van der Waals surface area (Å²) >= 11 is 0. The van der Waals surface area contributed by atoms with Crippen molar-refractivity contribution in [2.75, 3.05) is 26.2 Å². The molecule has 0 spiro atoms. The molecule has 1 saturated heterocycles. The fraction of sp³-hybridized carbons (Fsp3) is 0.286. The third-order valence-electron chi connectivity index (χ3n) is 5.24. The number of hydrogen-bond acceptors (Lipinski definition) is 4. The van der Waals surface area contributed by atoms with E-state index in [-0.39, 0.29) is 30.1 Å². The highest BCUT2D eigenvalue weighted by Gasteiger charge is 2.30. The number of aromatic nitrogens is 2. The molecule has 1 unspecified atom stereocenters. The third kappa shape index (κ3) is 3.53. The largest absolute Gasteiger partial charge is 0.334 e. The molecular formula is C21H21FN4O2. The Bertz CT molecular complexity index is 1010. The summed E-state index contributed by atoms with van der Waals surface area (Å²) < 4.78 is 13.0. The van der Waals surface area contributed by atoms with Gasteiger partial charge in [0.15, 0.2) is 11.5 Å². The first-order valence-electron chi connectivity index (χ1n) is 9.28. The number of nitrogens with one attached hydrogen (secondary N) is 1. The number of benzene rings is 2. The fourth-order valence-electron chi connectivity index (χ4n) is 3.60. The van der Waals surface area contributed by atoms with Crippen molar-refractivity contribution in [2.45, 2.75) is 13.0 Å². The van der Waals surface area contributed by atoms with Crippen LogP contribution in [-0.2, 0) is 0 Å². The van der Waals surface area contributed by atoms with Crippen LogP contribution in [0, 0.1) is 5.82 Å². The second-order valence-corrected chi connectivity index (χ2v) is 7.12. The van der Waals surface area contributed by atoms with Gasteiger partial charge in [-0.1, -0.05) is 18.2 Å². The predicted molar refractivity (Wildman–Crippen MR) is 104 cm³/mol. The Kier molecular flexibility index (Phi) is 4.92. The first kappa shape index (κ1) is 18.3. The molecule has 1 fully saturated rings. The van der Waals surface area contributed by atoms with E-state index in [0.29, 0.717) is 30.9 Å². The highest BCUT2D eigenvalue weighted by Crippen LogP contribution is 2.19. The summed E-state index contributed by atoms with van der Waals surface area (Å²) in [5, 5.41) is 7.91. The van der Waals surface area contributed by atoms with Crippen LogP contribution in [0.4, 0.5) is 4.39 Å². The van der Waals surface area contributed by atoms with Crippen molar-refractivity contribution in [3.05, 3.63) is 65.6 Å². The van der Waals surface area contributed by atoms with Crippen molar-refractivity contribution in [2.24, 2.45) is 0 Å². The lowest BCUT2D eigenvalue weighted by atomic mass is 10.1. The number of aromatic amines is 1. The second-order valence-electron chi connectivity index (χ2n) is 7.12. The number of ketones is 1. The Morgan fingerprint density at radius 1 is 1.14 bits per heavy atom. The van der Waals surface area contributed by atoms with Gasteiger partial charge in [-0.2, -0.15) is 5.10 Å². The van der Waals surface area contributed by atoms with Gasteiger partial charge in [0.1, 0.15) is 5.82 Å². The number of H-pyrrole nitrogens is 1. The van der Waals surface area contributed by atoms with Gasteiger partial charge in [-0.25, -0.2) is 4.39 Å². The van der Waals surface area contributed by atoms with Crippen LogP contribution >= 0.6 is 0 Å². The van der Waals surface area contributed by atoms with Crippen molar-refractivity contribution >= 4 is 22.6 Å². The Hall–Kier alpha value is -3.06. The molecule has 0 saturated carbocycles. The molecule has 1 atom stereocenters. The van der Waals surface area contributed by atoms with Crippen molar-refractivity contribution < 1.29 is 14.0 Å². The zero-order chi connectivity index (χ0) is 19.7. The topological polar surface area (TPSA) is 69.3 Å². The molecular weight excluding hydrogens is 359 g/mol. The van der Waals surface area contributed by atoms with Gasteiger partial charge in [0.05, 0.1) is 12.1 Å². The third-order valence-corrected chi connectivity index (χ3v) is 5.24. The van der Waals surface area contributed by atoms with E-state index in [0.717, 1.165) is 10.9 Å². The first-order valence-corrected chi connectivity index (χ1v) is 9.28. The van der Waals surface area contributed by atoms with E-state index in [1.165, 1.54) is 24.3 Å². The van der Waals surface area contributed by atoms with Gasteiger partial charge in [0.2, 0.25) is 0 Å². The first-order chi connectivity index (χ1) is 13.5. The maximum atomic E-state index is 13.0. The summed E-state index contributed by atoms with van der Waals surface area (Å²) in [6.07, 6.45) is 0. The quantitative estimate of drug-likeness (QED) is 0.707. The van der Waals surface area contributed by atoms with Crippen LogP contribution in [0.3, 0.4) is 0 Å². The Balaban J connectivity index is 1.41. The zero-order valence-electron chi connectivity index (χ0n) is 15.6. The van der Waals surface area contributed by atoms with E-state index >= 15 is 0 Å². The number of Topliss-reactive ketones (excluding diaryl/α,β-unsaturated/α-hetero) is 1. The van der Waals surface area contributed by atoms with Crippen LogP contribution in [0.25, 0.3) is 10.9 Å². The minimum absolute atomic E-state index is 0.0345. The number of carbonyl (C=O) groups excluding carboxylic acids is 2. The maximum absolute atomic E-state index is 13.0. The van der Waals surface area contributed by atoms with Crippen LogP contribution in [-0.4, -0.2) is 63.9 Å². The monoisotopic (exact) mass is 380 g/mol. The van der Waals surface area contributed by atoms with Crippen LogP contribution in [0.5, 0.6) is 0 Å². The van der Waals surface area contributed by atoms with Crippen molar-refractivity contribution in [1.82, 2.24) is 20.0 Å². The van der Waals surface area contributed by atoms with E-state index in [1.54, 1.807) is 4.90 Å². The zero-order valence-corrected chi connectivity index (χ0v) is 15.6. The van der Waals surface area contributed by atoms with Gasteiger partial charge < -0.3 is 4.90 Å². The van der Waals surface area contributed by atoms with Gasteiger partial charge in [-0.05, 0) is 37.3 Å². The van der Waals surface area contributed by atoms with Crippen molar-refractivity contribution in [1.29, 1.82) is 0 Å². The number of piperazine rings is 1. The van der Waals surface area contributed by atoms with E-state index < -0.39 is 0 Å². The molecule has 28 heavy (non-hydrogen) atoms. The normalized spacial score (nSPS) is 17.8. The fourth-order valence-corrected chi connectivity index (χ4v) is 3.60. The van der Waals surface area contributed by atoms with E-state index in [1.807, 2.05) is 31.2 Å². The summed E-state index contributed by atoms with van der Waals surface area (Å²) in [5.41, 5.74) is 1.76. The number of halogens is 1. The summed E-state index contributed by atoms with van der Waals surface area (Å²) in [4.78, 5) is 29.2. The standard InChI is InChI=1S/C21H21FN4O2/c1-14-12-26(21(28)20-17-4-2-3-5-18(17)23-24-20)11-10-25(14)13-19(27)15-6-8-16(22)9-7-15/h2-9,14H,10-13H2,1H3,(H,23,24). The summed E-state index contributed by atoms with van der Waals surface area (Å²) in [5.74, 6) is -0.512. The second kappa shape index (κ2) is 7.52.